The topological polar surface area (TPSA) is 42.0 Å². The number of hydrogen-bond acceptors (Lipinski definition) is 4. The second kappa shape index (κ2) is 6.46. The lowest BCUT2D eigenvalue weighted by atomic mass is 9.94. The monoisotopic (exact) mass is 306 g/mol. The van der Waals surface area contributed by atoms with Crippen molar-refractivity contribution in [1.29, 1.82) is 0 Å². The van der Waals surface area contributed by atoms with Gasteiger partial charge in [0.2, 0.25) is 5.91 Å². The van der Waals surface area contributed by atoms with E-state index in [-0.39, 0.29) is 11.3 Å². The number of benzene rings is 1. The van der Waals surface area contributed by atoms with E-state index in [1.54, 1.807) is 14.2 Å². The van der Waals surface area contributed by atoms with E-state index in [9.17, 15) is 4.79 Å². The van der Waals surface area contributed by atoms with Gasteiger partial charge in [-0.25, -0.2) is 0 Å². The largest absolute Gasteiger partial charge is 0.497 e. The molecule has 0 N–H and O–H groups in total. The number of ether oxygens (including phenoxy) is 2. The fraction of sp³-hybridized carbons (Fsp3) is 0.588. The molecule has 2 rings (SSSR count). The normalized spacial score (nSPS) is 15.7. The van der Waals surface area contributed by atoms with Crippen molar-refractivity contribution in [2.75, 3.05) is 45.3 Å². The molecule has 1 aliphatic rings. The Hall–Kier alpha value is -1.91. The van der Waals surface area contributed by atoms with E-state index >= 15 is 0 Å². The maximum Gasteiger partial charge on any atom is 0.228 e. The maximum absolute atomic E-state index is 12.3. The van der Waals surface area contributed by atoms with Gasteiger partial charge in [-0.2, -0.15) is 0 Å². The molecule has 0 radical (unpaired) electrons. The predicted molar refractivity (Wildman–Crippen MR) is 87.8 cm³/mol. The first-order valence-electron chi connectivity index (χ1n) is 7.63. The van der Waals surface area contributed by atoms with Crippen LogP contribution in [0.4, 0.5) is 5.69 Å². The molecule has 1 saturated heterocycles. The highest BCUT2D eigenvalue weighted by Gasteiger charge is 2.30. The van der Waals surface area contributed by atoms with Crippen molar-refractivity contribution in [3.05, 3.63) is 18.2 Å². The summed E-state index contributed by atoms with van der Waals surface area (Å²) in [5.74, 6) is 1.80. The van der Waals surface area contributed by atoms with Crippen molar-refractivity contribution in [2.24, 2.45) is 5.41 Å². The van der Waals surface area contributed by atoms with Crippen molar-refractivity contribution in [1.82, 2.24) is 4.90 Å². The highest BCUT2D eigenvalue weighted by atomic mass is 16.5. The minimum atomic E-state index is -0.319. The summed E-state index contributed by atoms with van der Waals surface area (Å²) in [6, 6.07) is 5.84. The summed E-state index contributed by atoms with van der Waals surface area (Å²) < 4.78 is 10.7. The van der Waals surface area contributed by atoms with Crippen LogP contribution in [0.25, 0.3) is 0 Å². The highest BCUT2D eigenvalue weighted by Crippen LogP contribution is 2.33. The molecule has 0 aromatic heterocycles. The molecule has 1 aromatic carbocycles. The third-order valence-electron chi connectivity index (χ3n) is 3.94. The molecule has 122 valence electrons. The molecule has 1 fully saturated rings. The zero-order chi connectivity index (χ0) is 16.3. The third kappa shape index (κ3) is 3.46. The van der Waals surface area contributed by atoms with Crippen molar-refractivity contribution in [3.63, 3.8) is 0 Å². The minimum Gasteiger partial charge on any atom is -0.497 e. The van der Waals surface area contributed by atoms with Crippen molar-refractivity contribution < 1.29 is 14.3 Å². The molecule has 0 bridgehead atoms. The molecule has 22 heavy (non-hydrogen) atoms. The number of carbonyl (C=O) groups is 1. The van der Waals surface area contributed by atoms with Gasteiger partial charge in [0.15, 0.2) is 0 Å². The van der Waals surface area contributed by atoms with Crippen LogP contribution in [0, 0.1) is 5.41 Å². The third-order valence-corrected chi connectivity index (χ3v) is 3.94. The van der Waals surface area contributed by atoms with Crippen LogP contribution in [0.1, 0.15) is 20.8 Å². The average molecular weight is 306 g/mol. The average Bonchev–Trinajstić information content (AvgIpc) is 2.52. The number of amides is 1. The summed E-state index contributed by atoms with van der Waals surface area (Å²) >= 11 is 0. The van der Waals surface area contributed by atoms with Gasteiger partial charge in [0.05, 0.1) is 19.9 Å². The van der Waals surface area contributed by atoms with E-state index in [0.29, 0.717) is 0 Å². The van der Waals surface area contributed by atoms with Gasteiger partial charge >= 0.3 is 0 Å². The molecular weight excluding hydrogens is 280 g/mol. The van der Waals surface area contributed by atoms with Gasteiger partial charge < -0.3 is 19.3 Å². The summed E-state index contributed by atoms with van der Waals surface area (Å²) in [4.78, 5) is 16.5. The summed E-state index contributed by atoms with van der Waals surface area (Å²) in [6.45, 7) is 9.00. The van der Waals surface area contributed by atoms with Gasteiger partial charge in [0.1, 0.15) is 11.5 Å². The Kier molecular flexibility index (Phi) is 4.84. The molecule has 5 heteroatoms. The summed E-state index contributed by atoms with van der Waals surface area (Å²) in [6.07, 6.45) is 0. The number of methoxy groups -OCH3 is 2. The van der Waals surface area contributed by atoms with Crippen LogP contribution >= 0.6 is 0 Å². The Morgan fingerprint density at radius 2 is 1.68 bits per heavy atom. The van der Waals surface area contributed by atoms with E-state index in [2.05, 4.69) is 4.90 Å². The molecule has 1 heterocycles. The second-order valence-corrected chi connectivity index (χ2v) is 6.57. The summed E-state index contributed by atoms with van der Waals surface area (Å²) in [5.41, 5.74) is 0.728. The number of anilines is 1. The Bertz CT molecular complexity index is 529. The molecule has 0 unspecified atom stereocenters. The molecule has 0 atom stereocenters. The van der Waals surface area contributed by atoms with Crippen LogP contribution in [0.3, 0.4) is 0 Å². The van der Waals surface area contributed by atoms with Crippen molar-refractivity contribution in [2.45, 2.75) is 20.8 Å². The van der Waals surface area contributed by atoms with Gasteiger partial charge in [-0.05, 0) is 12.1 Å². The first-order chi connectivity index (χ1) is 10.4. The van der Waals surface area contributed by atoms with Crippen molar-refractivity contribution in [3.8, 4) is 11.5 Å². The van der Waals surface area contributed by atoms with Crippen molar-refractivity contribution >= 4 is 11.6 Å². The van der Waals surface area contributed by atoms with Gasteiger partial charge in [-0.15, -0.1) is 0 Å². The van der Waals surface area contributed by atoms with Crippen LogP contribution in [0.5, 0.6) is 11.5 Å². The standard InChI is InChI=1S/C17H26N2O3/c1-17(2,3)16(20)19-10-8-18(9-11-19)14-7-6-13(21-4)12-15(14)22-5/h6-7,12H,8-11H2,1-5H3. The number of hydrogen-bond donors (Lipinski definition) is 0. The second-order valence-electron chi connectivity index (χ2n) is 6.57. The number of nitrogens with zero attached hydrogens (tertiary/aromatic N) is 2. The Labute approximate surface area is 132 Å². The fourth-order valence-corrected chi connectivity index (χ4v) is 2.67. The van der Waals surface area contributed by atoms with Gasteiger partial charge in [0.25, 0.3) is 0 Å². The van der Waals surface area contributed by atoms with Crippen LogP contribution in [0.2, 0.25) is 0 Å². The lowest BCUT2D eigenvalue weighted by Crippen LogP contribution is -2.51. The quantitative estimate of drug-likeness (QED) is 0.860. The van der Waals surface area contributed by atoms with Crippen LogP contribution < -0.4 is 14.4 Å². The fourth-order valence-electron chi connectivity index (χ4n) is 2.67. The Balaban J connectivity index is 2.07. The summed E-state index contributed by atoms with van der Waals surface area (Å²) in [7, 11) is 3.31. The Morgan fingerprint density at radius 1 is 1.05 bits per heavy atom. The predicted octanol–water partition coefficient (Wildman–Crippen LogP) is 2.40. The number of piperazine rings is 1. The molecule has 5 nitrogen and oxygen atoms in total. The van der Waals surface area contributed by atoms with E-state index < -0.39 is 0 Å². The lowest BCUT2D eigenvalue weighted by Gasteiger charge is -2.39. The van der Waals surface area contributed by atoms with Crippen LogP contribution in [-0.4, -0.2) is 51.2 Å². The van der Waals surface area contributed by atoms with E-state index in [1.165, 1.54) is 0 Å². The summed E-state index contributed by atoms with van der Waals surface area (Å²) in [5, 5.41) is 0. The van der Waals surface area contributed by atoms with E-state index in [4.69, 9.17) is 9.47 Å². The first-order valence-corrected chi connectivity index (χ1v) is 7.63. The SMILES string of the molecule is COc1ccc(N2CCN(C(=O)C(C)(C)C)CC2)c(OC)c1. The van der Waals surface area contributed by atoms with Gasteiger partial charge in [-0.3, -0.25) is 4.79 Å². The zero-order valence-electron chi connectivity index (χ0n) is 14.2. The van der Waals surface area contributed by atoms with Crippen LogP contribution in [0.15, 0.2) is 18.2 Å². The molecule has 1 aromatic rings. The molecule has 0 spiro atoms. The number of carbonyl (C=O) groups excluding carboxylic acids is 1. The first kappa shape index (κ1) is 16.5. The van der Waals surface area contributed by atoms with E-state index in [1.807, 2.05) is 43.9 Å². The molecule has 0 saturated carbocycles. The number of rotatable bonds is 3. The van der Waals surface area contributed by atoms with Gasteiger partial charge in [0, 0.05) is 37.7 Å². The van der Waals surface area contributed by atoms with Gasteiger partial charge in [-0.1, -0.05) is 20.8 Å². The molecule has 1 aliphatic heterocycles. The lowest BCUT2D eigenvalue weighted by molar-refractivity contribution is -0.139. The minimum absolute atomic E-state index is 0.217. The molecule has 1 amide bonds. The molecular formula is C17H26N2O3. The highest BCUT2D eigenvalue weighted by molar-refractivity contribution is 5.81. The smallest absolute Gasteiger partial charge is 0.228 e. The van der Waals surface area contributed by atoms with E-state index in [0.717, 1.165) is 43.4 Å². The maximum atomic E-state index is 12.3. The zero-order valence-corrected chi connectivity index (χ0v) is 14.2. The van der Waals surface area contributed by atoms with Crippen LogP contribution in [-0.2, 0) is 4.79 Å². The Morgan fingerprint density at radius 3 is 2.18 bits per heavy atom. The molecule has 0 aliphatic carbocycles.